The van der Waals surface area contributed by atoms with Gasteiger partial charge in [0.05, 0.1) is 28.4 Å². The van der Waals surface area contributed by atoms with Crippen molar-refractivity contribution in [3.63, 3.8) is 0 Å². The van der Waals surface area contributed by atoms with Crippen LogP contribution >= 0.6 is 11.3 Å². The fraction of sp³-hybridized carbons (Fsp3) is 0.409. The van der Waals surface area contributed by atoms with Crippen molar-refractivity contribution in [3.05, 3.63) is 46.2 Å². The lowest BCUT2D eigenvalue weighted by molar-refractivity contribution is -0.122. The maximum atomic E-state index is 12.6. The lowest BCUT2D eigenvalue weighted by Crippen LogP contribution is -2.49. The van der Waals surface area contributed by atoms with E-state index >= 15 is 0 Å². The molecule has 0 aliphatic carbocycles. The minimum absolute atomic E-state index is 0.0385. The van der Waals surface area contributed by atoms with Gasteiger partial charge >= 0.3 is 5.97 Å². The normalized spacial score (nSPS) is 14.3. The molecule has 166 valence electrons. The Balaban J connectivity index is 1.66. The molecule has 1 aliphatic rings. The van der Waals surface area contributed by atoms with Crippen LogP contribution in [0.15, 0.2) is 35.7 Å². The molecule has 0 saturated carbocycles. The largest absolute Gasteiger partial charge is 0.478 e. The summed E-state index contributed by atoms with van der Waals surface area (Å²) in [5.41, 5.74) is 1.37. The second-order valence-electron chi connectivity index (χ2n) is 7.44. The second-order valence-corrected chi connectivity index (χ2v) is 8.38. The number of benzene rings is 1. The van der Waals surface area contributed by atoms with E-state index in [1.165, 1.54) is 17.4 Å². The van der Waals surface area contributed by atoms with Crippen LogP contribution in [0.2, 0.25) is 0 Å². The molecule has 0 spiro atoms. The molecule has 2 aromatic rings. The van der Waals surface area contributed by atoms with E-state index < -0.39 is 5.97 Å². The van der Waals surface area contributed by atoms with Crippen LogP contribution < -0.4 is 15.5 Å². The molecule has 8 nitrogen and oxygen atoms in total. The molecule has 1 aliphatic heterocycles. The number of aromatic carboxylic acids is 1. The van der Waals surface area contributed by atoms with E-state index in [4.69, 9.17) is 0 Å². The van der Waals surface area contributed by atoms with Crippen molar-refractivity contribution in [1.82, 2.24) is 10.2 Å². The molecule has 0 bridgehead atoms. The van der Waals surface area contributed by atoms with Gasteiger partial charge in [-0.1, -0.05) is 19.4 Å². The van der Waals surface area contributed by atoms with Crippen LogP contribution in [0.3, 0.4) is 0 Å². The van der Waals surface area contributed by atoms with E-state index in [0.717, 1.165) is 18.5 Å². The van der Waals surface area contributed by atoms with Gasteiger partial charge in [-0.15, -0.1) is 11.3 Å². The maximum absolute atomic E-state index is 12.6. The lowest BCUT2D eigenvalue weighted by atomic mass is 10.1. The van der Waals surface area contributed by atoms with Crippen molar-refractivity contribution < 1.29 is 19.5 Å². The van der Waals surface area contributed by atoms with Crippen molar-refractivity contribution in [2.75, 3.05) is 49.5 Å². The third kappa shape index (κ3) is 6.28. The average molecular weight is 445 g/mol. The third-order valence-corrected chi connectivity index (χ3v) is 6.04. The van der Waals surface area contributed by atoms with Crippen LogP contribution in [-0.4, -0.2) is 67.1 Å². The number of thiophene rings is 1. The smallest absolute Gasteiger partial charge is 0.335 e. The van der Waals surface area contributed by atoms with Gasteiger partial charge in [0, 0.05) is 32.7 Å². The molecule has 2 heterocycles. The molecular formula is C22H28N4O4S. The van der Waals surface area contributed by atoms with E-state index in [0.29, 0.717) is 49.8 Å². The molecule has 3 N–H and O–H groups in total. The van der Waals surface area contributed by atoms with E-state index in [1.807, 2.05) is 5.38 Å². The summed E-state index contributed by atoms with van der Waals surface area (Å²) in [7, 11) is 0. The highest BCUT2D eigenvalue weighted by Crippen LogP contribution is 2.29. The molecule has 3 rings (SSSR count). The van der Waals surface area contributed by atoms with Gasteiger partial charge in [-0.05, 0) is 36.1 Å². The Morgan fingerprint density at radius 1 is 1.13 bits per heavy atom. The fourth-order valence-electron chi connectivity index (χ4n) is 3.45. The van der Waals surface area contributed by atoms with Gasteiger partial charge in [0.15, 0.2) is 0 Å². The van der Waals surface area contributed by atoms with Gasteiger partial charge in [0.25, 0.3) is 5.91 Å². The van der Waals surface area contributed by atoms with Gasteiger partial charge < -0.3 is 20.6 Å². The number of anilines is 2. The van der Waals surface area contributed by atoms with Gasteiger partial charge in [0.1, 0.15) is 0 Å². The summed E-state index contributed by atoms with van der Waals surface area (Å²) >= 11 is 1.33. The van der Waals surface area contributed by atoms with Crippen LogP contribution in [0, 0.1) is 0 Å². The Hall–Kier alpha value is -2.91. The maximum Gasteiger partial charge on any atom is 0.335 e. The van der Waals surface area contributed by atoms with Crippen LogP contribution in [-0.2, 0) is 4.79 Å². The zero-order valence-electron chi connectivity index (χ0n) is 17.6. The topological polar surface area (TPSA) is 102 Å². The first-order chi connectivity index (χ1) is 15.0. The zero-order valence-corrected chi connectivity index (χ0v) is 18.4. The minimum Gasteiger partial charge on any atom is -0.478 e. The Kier molecular flexibility index (Phi) is 8.02. The van der Waals surface area contributed by atoms with E-state index in [-0.39, 0.29) is 17.4 Å². The summed E-state index contributed by atoms with van der Waals surface area (Å²) in [6.07, 6.45) is 2.02. The van der Waals surface area contributed by atoms with Gasteiger partial charge in [-0.2, -0.15) is 0 Å². The fourth-order valence-corrected chi connectivity index (χ4v) is 4.07. The quantitative estimate of drug-likeness (QED) is 0.514. The number of piperazine rings is 1. The van der Waals surface area contributed by atoms with E-state index in [1.54, 1.807) is 24.3 Å². The van der Waals surface area contributed by atoms with Crippen LogP contribution in [0.5, 0.6) is 0 Å². The van der Waals surface area contributed by atoms with Crippen molar-refractivity contribution >= 4 is 40.5 Å². The van der Waals surface area contributed by atoms with E-state index in [9.17, 15) is 19.5 Å². The third-order valence-electron chi connectivity index (χ3n) is 5.17. The standard InChI is InChI=1S/C22H28N4O4S/c1-2-3-8-23-20(27)15-25-9-11-26(12-10-25)18-7-6-16(22(29)30)14-17(18)24-21(28)19-5-4-13-31-19/h4-7,13-14H,2-3,8-12,15H2,1H3,(H,23,27)(H,24,28)(H,29,30). The summed E-state index contributed by atoms with van der Waals surface area (Å²) in [5.74, 6) is -1.27. The molecule has 9 heteroatoms. The number of carbonyl (C=O) groups is 3. The molecule has 31 heavy (non-hydrogen) atoms. The number of carbonyl (C=O) groups excluding carboxylic acids is 2. The summed E-state index contributed by atoms with van der Waals surface area (Å²) in [4.78, 5) is 40.8. The first-order valence-corrected chi connectivity index (χ1v) is 11.3. The predicted octanol–water partition coefficient (Wildman–Crippen LogP) is 2.74. The number of rotatable bonds is 9. The number of unbranched alkanes of at least 4 members (excludes halogenated alkanes) is 1. The van der Waals surface area contributed by atoms with Crippen molar-refractivity contribution in [3.8, 4) is 0 Å². The molecular weight excluding hydrogens is 416 g/mol. The van der Waals surface area contributed by atoms with Gasteiger partial charge in [0.2, 0.25) is 5.91 Å². The minimum atomic E-state index is -1.04. The number of carboxylic acid groups (broad SMARTS) is 1. The highest BCUT2D eigenvalue weighted by atomic mass is 32.1. The summed E-state index contributed by atoms with van der Waals surface area (Å²) in [5, 5.41) is 17.0. The Morgan fingerprint density at radius 2 is 1.90 bits per heavy atom. The molecule has 1 aromatic carbocycles. The first-order valence-electron chi connectivity index (χ1n) is 10.4. The van der Waals surface area contributed by atoms with E-state index in [2.05, 4.69) is 27.4 Å². The van der Waals surface area contributed by atoms with Crippen LogP contribution in [0.1, 0.15) is 39.8 Å². The second kappa shape index (κ2) is 10.9. The summed E-state index contributed by atoms with van der Waals surface area (Å²) in [6.45, 7) is 5.94. The first kappa shape index (κ1) is 22.8. The molecule has 1 fully saturated rings. The predicted molar refractivity (Wildman–Crippen MR) is 122 cm³/mol. The highest BCUT2D eigenvalue weighted by Gasteiger charge is 2.22. The lowest BCUT2D eigenvalue weighted by Gasteiger charge is -2.36. The van der Waals surface area contributed by atoms with Gasteiger partial charge in [-0.25, -0.2) is 4.79 Å². The number of amides is 2. The average Bonchev–Trinajstić information content (AvgIpc) is 3.30. The van der Waals surface area contributed by atoms with Crippen molar-refractivity contribution in [2.45, 2.75) is 19.8 Å². The number of nitrogens with zero attached hydrogens (tertiary/aromatic N) is 2. The summed E-state index contributed by atoms with van der Waals surface area (Å²) in [6, 6.07) is 8.31. The highest BCUT2D eigenvalue weighted by molar-refractivity contribution is 7.12. The molecule has 0 unspecified atom stereocenters. The molecule has 1 saturated heterocycles. The van der Waals surface area contributed by atoms with Crippen LogP contribution in [0.25, 0.3) is 0 Å². The Labute approximate surface area is 185 Å². The Bertz CT molecular complexity index is 908. The van der Waals surface area contributed by atoms with Crippen molar-refractivity contribution in [2.24, 2.45) is 0 Å². The zero-order chi connectivity index (χ0) is 22.2. The monoisotopic (exact) mass is 444 g/mol. The van der Waals surface area contributed by atoms with Gasteiger partial charge in [-0.3, -0.25) is 14.5 Å². The Morgan fingerprint density at radius 3 is 2.55 bits per heavy atom. The number of hydrogen-bond acceptors (Lipinski definition) is 6. The summed E-state index contributed by atoms with van der Waals surface area (Å²) < 4.78 is 0. The molecule has 2 amide bonds. The molecule has 1 aromatic heterocycles. The van der Waals surface area contributed by atoms with Crippen LogP contribution in [0.4, 0.5) is 11.4 Å². The number of hydrogen-bond donors (Lipinski definition) is 3. The molecule has 0 atom stereocenters. The molecule has 0 radical (unpaired) electrons. The number of carboxylic acids is 1. The SMILES string of the molecule is CCCCNC(=O)CN1CCN(c2ccc(C(=O)O)cc2NC(=O)c2cccs2)CC1. The number of nitrogens with one attached hydrogen (secondary N) is 2. The van der Waals surface area contributed by atoms with Crippen molar-refractivity contribution in [1.29, 1.82) is 0 Å².